The maximum Gasteiger partial charge on any atom is 0.0173 e. The first-order valence-corrected chi connectivity index (χ1v) is 3.71. The molecule has 0 spiro atoms. The molecule has 1 heterocycles. The van der Waals surface area contributed by atoms with Crippen LogP contribution in [0.3, 0.4) is 0 Å². The fourth-order valence-corrected chi connectivity index (χ4v) is 1.01. The number of hydrogen-bond acceptors (Lipinski definition) is 1. The van der Waals surface area contributed by atoms with Gasteiger partial charge in [0.1, 0.15) is 0 Å². The average Bonchev–Trinajstić information content (AvgIpc) is 2.42. The van der Waals surface area contributed by atoms with Gasteiger partial charge in [0, 0.05) is 11.0 Å². The summed E-state index contributed by atoms with van der Waals surface area (Å²) in [5.74, 6) is 1.39. The topological polar surface area (TPSA) is 0 Å². The third-order valence-electron chi connectivity index (χ3n) is 1.04. The number of rotatable bonds is 2. The van der Waals surface area contributed by atoms with Crippen molar-refractivity contribution in [1.29, 1.82) is 0 Å². The summed E-state index contributed by atoms with van der Waals surface area (Å²) in [6.45, 7) is 2.08. The smallest absolute Gasteiger partial charge is 0.0173 e. The van der Waals surface area contributed by atoms with Crippen LogP contribution in [0.2, 0.25) is 0 Å². The van der Waals surface area contributed by atoms with E-state index in [0.29, 0.717) is 0 Å². The Morgan fingerprint density at radius 2 is 2.57 bits per heavy atom. The van der Waals surface area contributed by atoms with Crippen molar-refractivity contribution in [2.45, 2.75) is 18.6 Å². The minimum atomic E-state index is 0.983. The van der Waals surface area contributed by atoms with Crippen molar-refractivity contribution < 1.29 is 0 Å². The molecule has 7 heavy (non-hydrogen) atoms. The van der Waals surface area contributed by atoms with Gasteiger partial charge in [-0.05, 0) is 13.3 Å². The zero-order valence-corrected chi connectivity index (χ0v) is 5.37. The van der Waals surface area contributed by atoms with E-state index in [0.717, 1.165) is 5.25 Å². The van der Waals surface area contributed by atoms with E-state index in [9.17, 15) is 0 Å². The Hall–Kier alpha value is 0.0900. The number of hydrogen-bond donors (Lipinski definition) is 0. The lowest BCUT2D eigenvalue weighted by atomic mass is 10.3. The van der Waals surface area contributed by atoms with Crippen molar-refractivity contribution in [3.63, 3.8) is 0 Å². The van der Waals surface area contributed by atoms with Gasteiger partial charge in [0.2, 0.25) is 0 Å². The van der Waals surface area contributed by atoms with Crippen LogP contribution in [0.1, 0.15) is 13.3 Å². The Kier molecular flexibility index (Phi) is 1.80. The van der Waals surface area contributed by atoms with Crippen LogP contribution in [0.4, 0.5) is 0 Å². The van der Waals surface area contributed by atoms with Gasteiger partial charge < -0.3 is 0 Å². The van der Waals surface area contributed by atoms with E-state index in [4.69, 9.17) is 0 Å². The SMILES string of the molecule is C/C=C/CC1CS1. The van der Waals surface area contributed by atoms with Gasteiger partial charge in [0.05, 0.1) is 0 Å². The molecule has 1 atom stereocenters. The Balaban J connectivity index is 1.98. The first-order chi connectivity index (χ1) is 3.43. The third kappa shape index (κ3) is 2.03. The zero-order valence-electron chi connectivity index (χ0n) is 4.55. The molecule has 0 amide bonds. The van der Waals surface area contributed by atoms with Crippen LogP contribution in [0.15, 0.2) is 12.2 Å². The fraction of sp³-hybridized carbons (Fsp3) is 0.667. The largest absolute Gasteiger partial charge is 0.156 e. The molecule has 0 aliphatic carbocycles. The standard InChI is InChI=1S/C6H10S/c1-2-3-4-6-5-7-6/h2-3,6H,4-5H2,1H3/b3-2+. The minimum absolute atomic E-state index is 0.983. The van der Waals surface area contributed by atoms with Crippen LogP contribution in [0, 0.1) is 0 Å². The summed E-state index contributed by atoms with van der Waals surface area (Å²) in [5, 5.41) is 0.983. The molecule has 0 N–H and O–H groups in total. The van der Waals surface area contributed by atoms with Crippen LogP contribution in [-0.2, 0) is 0 Å². The molecular weight excluding hydrogens is 104 g/mol. The minimum Gasteiger partial charge on any atom is -0.156 e. The maximum absolute atomic E-state index is 2.24. The Morgan fingerprint density at radius 3 is 3.00 bits per heavy atom. The monoisotopic (exact) mass is 114 g/mol. The highest BCUT2D eigenvalue weighted by molar-refractivity contribution is 8.06. The summed E-state index contributed by atoms with van der Waals surface area (Å²) < 4.78 is 0. The molecular formula is C6H10S. The van der Waals surface area contributed by atoms with Gasteiger partial charge in [0.15, 0.2) is 0 Å². The van der Waals surface area contributed by atoms with Crippen LogP contribution in [0.5, 0.6) is 0 Å². The van der Waals surface area contributed by atoms with E-state index in [1.165, 1.54) is 12.2 Å². The highest BCUT2D eigenvalue weighted by Gasteiger charge is 2.19. The molecule has 1 heteroatoms. The normalized spacial score (nSPS) is 29.0. The van der Waals surface area contributed by atoms with Gasteiger partial charge in [-0.2, -0.15) is 11.8 Å². The van der Waals surface area contributed by atoms with Gasteiger partial charge in [-0.3, -0.25) is 0 Å². The van der Waals surface area contributed by atoms with Crippen molar-refractivity contribution >= 4 is 11.8 Å². The predicted octanol–water partition coefficient (Wildman–Crippen LogP) is 2.07. The average molecular weight is 114 g/mol. The third-order valence-corrected chi connectivity index (χ3v) is 2.03. The second-order valence-corrected chi connectivity index (χ2v) is 3.09. The van der Waals surface area contributed by atoms with Crippen molar-refractivity contribution in [3.05, 3.63) is 12.2 Å². The summed E-state index contributed by atoms with van der Waals surface area (Å²) >= 11 is 2.06. The first kappa shape index (κ1) is 5.23. The first-order valence-electron chi connectivity index (χ1n) is 2.66. The molecule has 0 saturated carbocycles. The van der Waals surface area contributed by atoms with Crippen LogP contribution in [0.25, 0.3) is 0 Å². The van der Waals surface area contributed by atoms with Gasteiger partial charge in [0.25, 0.3) is 0 Å². The van der Waals surface area contributed by atoms with Gasteiger partial charge in [-0.25, -0.2) is 0 Å². The molecule has 1 fully saturated rings. The van der Waals surface area contributed by atoms with E-state index in [1.54, 1.807) is 0 Å². The van der Waals surface area contributed by atoms with Crippen molar-refractivity contribution in [1.82, 2.24) is 0 Å². The highest BCUT2D eigenvalue weighted by atomic mass is 32.2. The van der Waals surface area contributed by atoms with Crippen molar-refractivity contribution in [2.24, 2.45) is 0 Å². The summed E-state index contributed by atoms with van der Waals surface area (Å²) in [5.41, 5.74) is 0. The fourth-order valence-electron chi connectivity index (χ4n) is 0.492. The second-order valence-electron chi connectivity index (χ2n) is 1.76. The van der Waals surface area contributed by atoms with E-state index in [1.807, 2.05) is 0 Å². The second kappa shape index (κ2) is 2.41. The van der Waals surface area contributed by atoms with E-state index < -0.39 is 0 Å². The molecule has 1 aliphatic heterocycles. The molecule has 0 aromatic rings. The Labute approximate surface area is 49.0 Å². The maximum atomic E-state index is 2.24. The summed E-state index contributed by atoms with van der Waals surface area (Å²) in [4.78, 5) is 0. The Morgan fingerprint density at radius 1 is 1.86 bits per heavy atom. The molecule has 0 nitrogen and oxygen atoms in total. The van der Waals surface area contributed by atoms with Gasteiger partial charge in [-0.1, -0.05) is 12.2 Å². The molecule has 0 aromatic heterocycles. The van der Waals surface area contributed by atoms with E-state index in [2.05, 4.69) is 30.8 Å². The molecule has 1 unspecified atom stereocenters. The number of thioether (sulfide) groups is 1. The van der Waals surface area contributed by atoms with Crippen molar-refractivity contribution in [3.8, 4) is 0 Å². The highest BCUT2D eigenvalue weighted by Crippen LogP contribution is 2.32. The molecule has 1 saturated heterocycles. The van der Waals surface area contributed by atoms with Gasteiger partial charge in [-0.15, -0.1) is 0 Å². The van der Waals surface area contributed by atoms with Crippen LogP contribution in [-0.4, -0.2) is 11.0 Å². The van der Waals surface area contributed by atoms with E-state index >= 15 is 0 Å². The molecule has 0 bridgehead atoms. The summed E-state index contributed by atoms with van der Waals surface area (Å²) in [6, 6.07) is 0. The lowest BCUT2D eigenvalue weighted by molar-refractivity contribution is 1.07. The molecule has 1 rings (SSSR count). The van der Waals surface area contributed by atoms with Crippen LogP contribution >= 0.6 is 11.8 Å². The zero-order chi connectivity index (χ0) is 5.11. The lowest BCUT2D eigenvalue weighted by Gasteiger charge is -1.78. The quantitative estimate of drug-likeness (QED) is 0.391. The van der Waals surface area contributed by atoms with Crippen molar-refractivity contribution in [2.75, 3.05) is 5.75 Å². The summed E-state index contributed by atoms with van der Waals surface area (Å²) in [6.07, 6.45) is 5.66. The van der Waals surface area contributed by atoms with E-state index in [-0.39, 0.29) is 0 Å². The molecule has 0 radical (unpaired) electrons. The predicted molar refractivity (Wildman–Crippen MR) is 35.7 cm³/mol. The molecule has 0 aromatic carbocycles. The summed E-state index contributed by atoms with van der Waals surface area (Å²) in [7, 11) is 0. The lowest BCUT2D eigenvalue weighted by Crippen LogP contribution is -1.74. The molecule has 1 aliphatic rings. The van der Waals surface area contributed by atoms with Crippen LogP contribution < -0.4 is 0 Å². The van der Waals surface area contributed by atoms with Gasteiger partial charge >= 0.3 is 0 Å². The molecule has 40 valence electrons. The number of allylic oxidation sites excluding steroid dienone is 2. The Bertz CT molecular complexity index is 72.2.